The lowest BCUT2D eigenvalue weighted by molar-refractivity contribution is -0.110. The Morgan fingerprint density at radius 1 is 1.00 bits per heavy atom. The number of fused-ring (bicyclic) bond motifs is 1. The molecule has 0 unspecified atom stereocenters. The third kappa shape index (κ3) is 4.10. The quantitative estimate of drug-likeness (QED) is 0.420. The van der Waals surface area contributed by atoms with Gasteiger partial charge in [0.1, 0.15) is 0 Å². The van der Waals surface area contributed by atoms with E-state index >= 15 is 0 Å². The van der Waals surface area contributed by atoms with Crippen LogP contribution in [0.3, 0.4) is 0 Å². The van der Waals surface area contributed by atoms with Gasteiger partial charge in [0.2, 0.25) is 10.0 Å². The van der Waals surface area contributed by atoms with Crippen molar-refractivity contribution in [2.45, 2.75) is 0 Å². The Morgan fingerprint density at radius 2 is 1.68 bits per heavy atom. The number of nitrogens with one attached hydrogen (secondary N) is 2. The molecule has 4 rings (SSSR count). The number of rotatable bonds is 5. The zero-order valence-corrected chi connectivity index (χ0v) is 17.9. The van der Waals surface area contributed by atoms with E-state index in [1.807, 2.05) is 30.3 Å². The Balaban J connectivity index is 1.80. The third-order valence-electron chi connectivity index (χ3n) is 5.10. The van der Waals surface area contributed by atoms with Crippen molar-refractivity contribution in [3.8, 4) is 0 Å². The average molecular weight is 435 g/mol. The molecular formula is C23H22N4O3S. The van der Waals surface area contributed by atoms with Crippen molar-refractivity contribution in [1.29, 1.82) is 0 Å². The maximum Gasteiger partial charge on any atom is 0.258 e. The molecule has 0 aliphatic carbocycles. The first-order valence-electron chi connectivity index (χ1n) is 9.56. The van der Waals surface area contributed by atoms with Gasteiger partial charge in [0.25, 0.3) is 5.91 Å². The lowest BCUT2D eigenvalue weighted by Gasteiger charge is -2.18. The monoisotopic (exact) mass is 434 g/mol. The predicted octanol–water partition coefficient (Wildman–Crippen LogP) is 3.60. The van der Waals surface area contributed by atoms with Crippen LogP contribution in [0.4, 0.5) is 22.7 Å². The van der Waals surface area contributed by atoms with E-state index in [4.69, 9.17) is 5.73 Å². The molecule has 0 spiro atoms. The number of hydrogen-bond donors (Lipinski definition) is 3. The molecular weight excluding hydrogens is 412 g/mol. The van der Waals surface area contributed by atoms with Gasteiger partial charge in [0, 0.05) is 29.7 Å². The highest BCUT2D eigenvalue weighted by Crippen LogP contribution is 2.38. The molecule has 0 bridgehead atoms. The summed E-state index contributed by atoms with van der Waals surface area (Å²) >= 11 is 0. The maximum atomic E-state index is 12.9. The zero-order chi connectivity index (χ0) is 22.2. The Labute approximate surface area is 181 Å². The van der Waals surface area contributed by atoms with E-state index in [9.17, 15) is 13.2 Å². The molecule has 0 atom stereocenters. The summed E-state index contributed by atoms with van der Waals surface area (Å²) < 4.78 is 24.8. The zero-order valence-electron chi connectivity index (χ0n) is 17.1. The Morgan fingerprint density at radius 3 is 2.32 bits per heavy atom. The van der Waals surface area contributed by atoms with Crippen LogP contribution in [0.5, 0.6) is 0 Å². The first kappa shape index (κ1) is 20.5. The molecule has 3 aromatic carbocycles. The second-order valence-electron chi connectivity index (χ2n) is 7.28. The second-order valence-corrected chi connectivity index (χ2v) is 9.29. The van der Waals surface area contributed by atoms with Crippen LogP contribution in [-0.2, 0) is 14.8 Å². The van der Waals surface area contributed by atoms with E-state index in [2.05, 4.69) is 10.6 Å². The van der Waals surface area contributed by atoms with Crippen LogP contribution < -0.4 is 20.7 Å². The summed E-state index contributed by atoms with van der Waals surface area (Å²) in [5.41, 5.74) is 11.2. The van der Waals surface area contributed by atoms with Gasteiger partial charge in [-0.3, -0.25) is 9.10 Å². The van der Waals surface area contributed by atoms with Gasteiger partial charge in [-0.2, -0.15) is 0 Å². The fraction of sp³-hybridized carbons (Fsp3) is 0.0870. The van der Waals surface area contributed by atoms with Crippen molar-refractivity contribution in [2.24, 2.45) is 0 Å². The van der Waals surface area contributed by atoms with Crippen LogP contribution >= 0.6 is 0 Å². The predicted molar refractivity (Wildman–Crippen MR) is 126 cm³/mol. The Hall–Kier alpha value is -3.78. The molecule has 1 aliphatic heterocycles. The number of nitrogen functional groups attached to an aromatic ring is 1. The van der Waals surface area contributed by atoms with E-state index in [0.717, 1.165) is 17.4 Å². The van der Waals surface area contributed by atoms with Crippen molar-refractivity contribution >= 4 is 50.0 Å². The van der Waals surface area contributed by atoms with E-state index < -0.39 is 10.0 Å². The molecule has 158 valence electrons. The molecule has 0 radical (unpaired) electrons. The molecule has 0 aromatic heterocycles. The molecule has 1 aliphatic rings. The maximum absolute atomic E-state index is 12.9. The van der Waals surface area contributed by atoms with E-state index in [1.165, 1.54) is 11.4 Å². The van der Waals surface area contributed by atoms with Gasteiger partial charge in [-0.25, -0.2) is 8.42 Å². The third-order valence-corrected chi connectivity index (χ3v) is 6.30. The lowest BCUT2D eigenvalue weighted by atomic mass is 9.99. The summed E-state index contributed by atoms with van der Waals surface area (Å²) in [6.45, 7) is 0. The second kappa shape index (κ2) is 7.81. The number of nitrogens with two attached hydrogens (primary N) is 1. The summed E-state index contributed by atoms with van der Waals surface area (Å²) in [4.78, 5) is 12.9. The Kier molecular flexibility index (Phi) is 5.16. The van der Waals surface area contributed by atoms with Crippen LogP contribution in [0.1, 0.15) is 11.1 Å². The van der Waals surface area contributed by atoms with Crippen molar-refractivity contribution in [2.75, 3.05) is 34.0 Å². The van der Waals surface area contributed by atoms with Gasteiger partial charge in [-0.05, 0) is 48.0 Å². The lowest BCUT2D eigenvalue weighted by Crippen LogP contribution is -2.24. The number of amides is 1. The van der Waals surface area contributed by atoms with E-state index in [1.54, 1.807) is 42.5 Å². The first-order valence-corrected chi connectivity index (χ1v) is 11.4. The SMILES string of the molecule is CN(c1ccc(N/C(=C2\C(=O)Nc3ccc(N)cc32)c2ccccc2)cc1)S(C)(=O)=O. The van der Waals surface area contributed by atoms with Gasteiger partial charge in [-0.1, -0.05) is 30.3 Å². The minimum absolute atomic E-state index is 0.222. The summed E-state index contributed by atoms with van der Waals surface area (Å²) in [5.74, 6) is -0.222. The number of hydrogen-bond acceptors (Lipinski definition) is 5. The van der Waals surface area contributed by atoms with Crippen molar-refractivity contribution < 1.29 is 13.2 Å². The van der Waals surface area contributed by atoms with E-state index in [-0.39, 0.29) is 5.91 Å². The topological polar surface area (TPSA) is 105 Å². The number of carbonyl (C=O) groups excluding carboxylic acids is 1. The molecule has 7 nitrogen and oxygen atoms in total. The largest absolute Gasteiger partial charge is 0.399 e. The van der Waals surface area contributed by atoms with Crippen LogP contribution in [0.15, 0.2) is 72.8 Å². The minimum atomic E-state index is -3.35. The number of benzene rings is 3. The molecule has 0 saturated heterocycles. The van der Waals surface area contributed by atoms with Crippen molar-refractivity contribution in [3.05, 3.63) is 83.9 Å². The molecule has 1 amide bonds. The van der Waals surface area contributed by atoms with Gasteiger partial charge in [-0.15, -0.1) is 0 Å². The summed E-state index contributed by atoms with van der Waals surface area (Å²) in [5, 5.41) is 6.23. The van der Waals surface area contributed by atoms with Crippen LogP contribution in [0.2, 0.25) is 0 Å². The van der Waals surface area contributed by atoms with Gasteiger partial charge < -0.3 is 16.4 Å². The number of anilines is 4. The molecule has 4 N–H and O–H groups in total. The summed E-state index contributed by atoms with van der Waals surface area (Å²) in [6, 6.07) is 21.8. The highest BCUT2D eigenvalue weighted by atomic mass is 32.2. The highest BCUT2D eigenvalue weighted by Gasteiger charge is 2.28. The molecule has 8 heteroatoms. The summed E-state index contributed by atoms with van der Waals surface area (Å²) in [6.07, 6.45) is 1.15. The van der Waals surface area contributed by atoms with Crippen LogP contribution in [-0.4, -0.2) is 27.6 Å². The highest BCUT2D eigenvalue weighted by molar-refractivity contribution is 7.92. The normalized spacial score (nSPS) is 14.6. The number of sulfonamides is 1. The molecule has 3 aromatic rings. The average Bonchev–Trinajstić information content (AvgIpc) is 3.07. The van der Waals surface area contributed by atoms with E-state index in [0.29, 0.717) is 34.0 Å². The smallest absolute Gasteiger partial charge is 0.258 e. The van der Waals surface area contributed by atoms with Gasteiger partial charge >= 0.3 is 0 Å². The molecule has 1 heterocycles. The number of nitrogens with zero attached hydrogens (tertiary/aromatic N) is 1. The first-order chi connectivity index (χ1) is 14.7. The standard InChI is InChI=1S/C23H22N4O3S/c1-27(31(2,29)30)18-11-9-17(10-12-18)25-22(15-6-4-3-5-7-15)21-19-14-16(24)8-13-20(19)26-23(21)28/h3-14,25H,24H2,1-2H3,(H,26,28)/b22-21-. The van der Waals surface area contributed by atoms with Crippen molar-refractivity contribution in [1.82, 2.24) is 0 Å². The fourth-order valence-electron chi connectivity index (χ4n) is 3.41. The molecule has 31 heavy (non-hydrogen) atoms. The van der Waals surface area contributed by atoms with Crippen molar-refractivity contribution in [3.63, 3.8) is 0 Å². The van der Waals surface area contributed by atoms with Gasteiger partial charge in [0.15, 0.2) is 0 Å². The minimum Gasteiger partial charge on any atom is -0.399 e. The molecule has 0 saturated carbocycles. The van der Waals surface area contributed by atoms with Crippen LogP contribution in [0.25, 0.3) is 11.3 Å². The molecule has 0 fully saturated rings. The van der Waals surface area contributed by atoms with Gasteiger partial charge in [0.05, 0.1) is 23.2 Å². The Bertz CT molecular complexity index is 1280. The summed E-state index contributed by atoms with van der Waals surface area (Å²) in [7, 11) is -1.85. The fourth-order valence-corrected chi connectivity index (χ4v) is 3.91. The van der Waals surface area contributed by atoms with Crippen LogP contribution in [0, 0.1) is 0 Å². The number of carbonyl (C=O) groups is 1.